The van der Waals surface area contributed by atoms with E-state index >= 15 is 0 Å². The van der Waals surface area contributed by atoms with Gasteiger partial charge in [0.15, 0.2) is 11.5 Å². The van der Waals surface area contributed by atoms with E-state index in [1.165, 1.54) is 5.56 Å². The molecule has 2 aromatic rings. The van der Waals surface area contributed by atoms with Gasteiger partial charge in [0.25, 0.3) is 5.91 Å². The second-order valence-electron chi connectivity index (χ2n) is 7.80. The quantitative estimate of drug-likeness (QED) is 0.777. The Morgan fingerprint density at radius 1 is 1.15 bits per heavy atom. The third-order valence-electron chi connectivity index (χ3n) is 5.49. The Balaban J connectivity index is 1.68. The molecule has 3 heterocycles. The van der Waals surface area contributed by atoms with Crippen LogP contribution in [-0.2, 0) is 4.79 Å². The smallest absolute Gasteiger partial charge is 0.278 e. The third kappa shape index (κ3) is 2.03. The number of carbonyl (C=O) groups is 1. The fourth-order valence-electron chi connectivity index (χ4n) is 4.44. The van der Waals surface area contributed by atoms with Gasteiger partial charge in [0.2, 0.25) is 6.79 Å². The lowest BCUT2D eigenvalue weighted by molar-refractivity contribution is -0.113. The molecule has 2 aromatic carbocycles. The molecule has 0 bridgehead atoms. The largest absolute Gasteiger partial charge is 0.454 e. The van der Waals surface area contributed by atoms with Crippen LogP contribution >= 0.6 is 0 Å². The SMILES string of the molecule is CC1CC(C)(C)N2C(=O)C(=Nc3ccc4c(c3)OCO4)c3cccc1c32. The molecule has 0 aliphatic carbocycles. The van der Waals surface area contributed by atoms with Crippen molar-refractivity contribution >= 4 is 23.0 Å². The number of anilines is 1. The lowest BCUT2D eigenvalue weighted by Crippen LogP contribution is -2.50. The van der Waals surface area contributed by atoms with E-state index < -0.39 is 0 Å². The monoisotopic (exact) mass is 348 g/mol. The Hall–Kier alpha value is -2.82. The number of rotatable bonds is 1. The minimum absolute atomic E-state index is 0.0259. The van der Waals surface area contributed by atoms with Gasteiger partial charge in [-0.15, -0.1) is 0 Å². The number of ether oxygens (including phenoxy) is 2. The van der Waals surface area contributed by atoms with Crippen LogP contribution in [-0.4, -0.2) is 24.0 Å². The van der Waals surface area contributed by atoms with Crippen LogP contribution in [0, 0.1) is 0 Å². The maximum Gasteiger partial charge on any atom is 0.278 e. The van der Waals surface area contributed by atoms with Crippen LogP contribution in [0.3, 0.4) is 0 Å². The number of para-hydroxylation sites is 1. The zero-order chi connectivity index (χ0) is 18.1. The van der Waals surface area contributed by atoms with Crippen LogP contribution in [0.2, 0.25) is 0 Å². The molecular weight excluding hydrogens is 328 g/mol. The van der Waals surface area contributed by atoms with Gasteiger partial charge in [0.1, 0.15) is 5.71 Å². The molecule has 3 aliphatic rings. The average Bonchev–Trinajstić information content (AvgIpc) is 3.16. The van der Waals surface area contributed by atoms with Gasteiger partial charge in [-0.2, -0.15) is 0 Å². The summed E-state index contributed by atoms with van der Waals surface area (Å²) in [6, 6.07) is 11.7. The summed E-state index contributed by atoms with van der Waals surface area (Å²) in [6.07, 6.45) is 0.937. The molecule has 0 fully saturated rings. The molecule has 0 aromatic heterocycles. The topological polar surface area (TPSA) is 51.1 Å². The zero-order valence-electron chi connectivity index (χ0n) is 15.1. The van der Waals surface area contributed by atoms with Gasteiger partial charge in [-0.25, -0.2) is 4.99 Å². The first kappa shape index (κ1) is 15.4. The number of nitrogens with zero attached hydrogens (tertiary/aromatic N) is 2. The van der Waals surface area contributed by atoms with E-state index in [0.717, 1.165) is 17.7 Å². The summed E-state index contributed by atoms with van der Waals surface area (Å²) in [5, 5.41) is 0. The van der Waals surface area contributed by atoms with E-state index in [2.05, 4.69) is 26.8 Å². The summed E-state index contributed by atoms with van der Waals surface area (Å²) in [5.74, 6) is 1.76. The Bertz CT molecular complexity index is 977. The maximum atomic E-state index is 13.3. The standard InChI is InChI=1S/C21H20N2O3/c1-12-10-21(2,3)23-19-14(12)5-4-6-15(19)18(20(23)24)22-13-7-8-16-17(9-13)26-11-25-16/h4-9,12H,10-11H2,1-3H3. The molecule has 5 rings (SSSR count). The molecule has 1 atom stereocenters. The van der Waals surface area contributed by atoms with Crippen molar-refractivity contribution in [1.82, 2.24) is 0 Å². The normalized spacial score (nSPS) is 23.5. The van der Waals surface area contributed by atoms with Crippen molar-refractivity contribution in [2.75, 3.05) is 11.7 Å². The van der Waals surface area contributed by atoms with Crippen molar-refractivity contribution in [2.45, 2.75) is 38.6 Å². The van der Waals surface area contributed by atoms with E-state index in [9.17, 15) is 4.79 Å². The molecule has 0 spiro atoms. The zero-order valence-corrected chi connectivity index (χ0v) is 15.1. The van der Waals surface area contributed by atoms with Crippen molar-refractivity contribution in [1.29, 1.82) is 0 Å². The summed E-state index contributed by atoms with van der Waals surface area (Å²) in [5.41, 5.74) is 4.14. The highest BCUT2D eigenvalue weighted by Gasteiger charge is 2.47. The second kappa shape index (κ2) is 5.10. The molecule has 26 heavy (non-hydrogen) atoms. The highest BCUT2D eigenvalue weighted by molar-refractivity contribution is 6.55. The van der Waals surface area contributed by atoms with Crippen molar-refractivity contribution in [3.05, 3.63) is 47.5 Å². The van der Waals surface area contributed by atoms with Gasteiger partial charge in [0.05, 0.1) is 11.4 Å². The van der Waals surface area contributed by atoms with Gasteiger partial charge in [-0.3, -0.25) is 4.79 Å². The van der Waals surface area contributed by atoms with Crippen LogP contribution in [0.4, 0.5) is 11.4 Å². The molecule has 0 N–H and O–H groups in total. The van der Waals surface area contributed by atoms with Crippen molar-refractivity contribution in [2.24, 2.45) is 4.99 Å². The summed E-state index contributed by atoms with van der Waals surface area (Å²) < 4.78 is 10.8. The molecule has 0 radical (unpaired) electrons. The van der Waals surface area contributed by atoms with Crippen LogP contribution in [0.15, 0.2) is 41.4 Å². The molecule has 132 valence electrons. The van der Waals surface area contributed by atoms with Gasteiger partial charge < -0.3 is 14.4 Å². The number of amides is 1. The van der Waals surface area contributed by atoms with Crippen LogP contribution in [0.1, 0.15) is 44.2 Å². The molecule has 0 saturated carbocycles. The average molecular weight is 348 g/mol. The predicted molar refractivity (Wildman–Crippen MR) is 99.8 cm³/mol. The molecular formula is C21H20N2O3. The van der Waals surface area contributed by atoms with Gasteiger partial charge in [-0.1, -0.05) is 25.1 Å². The summed E-state index contributed by atoms with van der Waals surface area (Å²) in [4.78, 5) is 19.9. The van der Waals surface area contributed by atoms with E-state index in [1.807, 2.05) is 35.2 Å². The van der Waals surface area contributed by atoms with Gasteiger partial charge >= 0.3 is 0 Å². The van der Waals surface area contributed by atoms with Crippen LogP contribution in [0.5, 0.6) is 11.5 Å². The minimum atomic E-state index is -0.230. The highest BCUT2D eigenvalue weighted by atomic mass is 16.7. The molecule has 5 nitrogen and oxygen atoms in total. The Morgan fingerprint density at radius 3 is 2.81 bits per heavy atom. The van der Waals surface area contributed by atoms with Gasteiger partial charge in [0, 0.05) is 17.2 Å². The van der Waals surface area contributed by atoms with Crippen molar-refractivity contribution < 1.29 is 14.3 Å². The van der Waals surface area contributed by atoms with E-state index in [1.54, 1.807) is 0 Å². The lowest BCUT2D eigenvalue weighted by atomic mass is 9.80. The third-order valence-corrected chi connectivity index (χ3v) is 5.49. The van der Waals surface area contributed by atoms with Crippen LogP contribution in [0.25, 0.3) is 0 Å². The Labute approximate surface area is 152 Å². The van der Waals surface area contributed by atoms with E-state index in [-0.39, 0.29) is 18.2 Å². The van der Waals surface area contributed by atoms with Crippen molar-refractivity contribution in [3.63, 3.8) is 0 Å². The Kier molecular flexibility index (Phi) is 3.03. The van der Waals surface area contributed by atoms with Crippen LogP contribution < -0.4 is 14.4 Å². The molecule has 3 aliphatic heterocycles. The molecule has 1 unspecified atom stereocenters. The number of fused-ring (bicyclic) bond motifs is 1. The number of hydrogen-bond acceptors (Lipinski definition) is 4. The fourth-order valence-corrected chi connectivity index (χ4v) is 4.44. The number of carbonyl (C=O) groups excluding carboxylic acids is 1. The van der Waals surface area contributed by atoms with Gasteiger partial charge in [-0.05, 0) is 43.9 Å². The predicted octanol–water partition coefficient (Wildman–Crippen LogP) is 4.17. The first-order chi connectivity index (χ1) is 12.5. The summed E-state index contributed by atoms with van der Waals surface area (Å²) in [7, 11) is 0. The first-order valence-electron chi connectivity index (χ1n) is 8.92. The molecule has 5 heteroatoms. The Morgan fingerprint density at radius 2 is 1.96 bits per heavy atom. The maximum absolute atomic E-state index is 13.3. The summed E-state index contributed by atoms with van der Waals surface area (Å²) >= 11 is 0. The fraction of sp³-hybridized carbons (Fsp3) is 0.333. The lowest BCUT2D eigenvalue weighted by Gasteiger charge is -2.43. The summed E-state index contributed by atoms with van der Waals surface area (Å²) in [6.45, 7) is 6.71. The number of benzene rings is 2. The second-order valence-corrected chi connectivity index (χ2v) is 7.80. The number of hydrogen-bond donors (Lipinski definition) is 0. The first-order valence-corrected chi connectivity index (χ1v) is 8.92. The van der Waals surface area contributed by atoms with E-state index in [0.29, 0.717) is 28.8 Å². The highest BCUT2D eigenvalue weighted by Crippen LogP contribution is 2.48. The number of aliphatic imine (C=N–C) groups is 1. The van der Waals surface area contributed by atoms with E-state index in [4.69, 9.17) is 14.5 Å². The minimum Gasteiger partial charge on any atom is -0.454 e. The molecule has 0 saturated heterocycles. The van der Waals surface area contributed by atoms with Crippen molar-refractivity contribution in [3.8, 4) is 11.5 Å². The molecule has 1 amide bonds.